The van der Waals surface area contributed by atoms with Crippen molar-refractivity contribution in [3.05, 3.63) is 95.3 Å². The minimum absolute atomic E-state index is 0.0610. The highest BCUT2D eigenvalue weighted by atomic mass is 35.5. The fraction of sp³-hybridized carbons (Fsp3) is 0.0385. The van der Waals surface area contributed by atoms with Crippen LogP contribution in [0.25, 0.3) is 28.0 Å². The maximum absolute atomic E-state index is 13.5. The van der Waals surface area contributed by atoms with Crippen LogP contribution >= 0.6 is 11.6 Å². The van der Waals surface area contributed by atoms with Crippen LogP contribution in [0.4, 0.5) is 5.82 Å². The third-order valence-electron chi connectivity index (χ3n) is 5.83. The maximum atomic E-state index is 13.5. The van der Waals surface area contributed by atoms with Crippen LogP contribution in [0.15, 0.2) is 84.1 Å². The molecule has 0 radical (unpaired) electrons. The topological polar surface area (TPSA) is 159 Å². The molecule has 0 atom stereocenters. The Morgan fingerprint density at radius 1 is 1.05 bits per heavy atom. The van der Waals surface area contributed by atoms with Gasteiger partial charge in [0, 0.05) is 41.2 Å². The molecule has 0 spiro atoms. The first-order valence-electron chi connectivity index (χ1n) is 11.3. The summed E-state index contributed by atoms with van der Waals surface area (Å²) in [5, 5.41) is 20.6. The van der Waals surface area contributed by atoms with Gasteiger partial charge in [-0.05, 0) is 30.3 Å². The third kappa shape index (κ3) is 4.89. The molecule has 0 aliphatic heterocycles. The number of nitrogens with one attached hydrogen (secondary N) is 1. The van der Waals surface area contributed by atoms with E-state index in [-0.39, 0.29) is 11.2 Å². The molecule has 2 aromatic carbocycles. The maximum Gasteiger partial charge on any atom is 0.276 e. The van der Waals surface area contributed by atoms with E-state index in [0.717, 1.165) is 0 Å². The predicted molar refractivity (Wildman–Crippen MR) is 145 cm³/mol. The van der Waals surface area contributed by atoms with Crippen molar-refractivity contribution in [2.75, 3.05) is 12.1 Å². The van der Waals surface area contributed by atoms with Crippen molar-refractivity contribution in [2.24, 2.45) is 5.14 Å². The van der Waals surface area contributed by atoms with E-state index in [9.17, 15) is 18.5 Å². The van der Waals surface area contributed by atoms with Gasteiger partial charge < -0.3 is 0 Å². The van der Waals surface area contributed by atoms with Gasteiger partial charge in [-0.25, -0.2) is 28.0 Å². The van der Waals surface area contributed by atoms with Gasteiger partial charge in [0.2, 0.25) is 5.03 Å². The number of hydrazine groups is 1. The van der Waals surface area contributed by atoms with Gasteiger partial charge in [0.05, 0.1) is 17.3 Å². The second-order valence-corrected chi connectivity index (χ2v) is 10.2. The molecule has 5 rings (SSSR count). The lowest BCUT2D eigenvalue weighted by Crippen LogP contribution is -2.40. The second-order valence-electron chi connectivity index (χ2n) is 8.33. The highest BCUT2D eigenvalue weighted by molar-refractivity contribution is 7.89. The van der Waals surface area contributed by atoms with Crippen LogP contribution in [0, 0.1) is 11.3 Å². The highest BCUT2D eigenvalue weighted by Crippen LogP contribution is 2.35. The summed E-state index contributed by atoms with van der Waals surface area (Å²) in [6, 6.07) is 20.9. The van der Waals surface area contributed by atoms with Crippen molar-refractivity contribution < 1.29 is 13.2 Å². The van der Waals surface area contributed by atoms with Crippen molar-refractivity contribution in [3.63, 3.8) is 0 Å². The number of hydrogen-bond donors (Lipinski definition) is 2. The first kappa shape index (κ1) is 25.8. The van der Waals surface area contributed by atoms with Gasteiger partial charge in [0.15, 0.2) is 5.65 Å². The molecule has 11 nitrogen and oxygen atoms in total. The van der Waals surface area contributed by atoms with Crippen molar-refractivity contribution in [1.82, 2.24) is 25.0 Å². The van der Waals surface area contributed by atoms with E-state index in [4.69, 9.17) is 16.7 Å². The zero-order chi connectivity index (χ0) is 27.7. The lowest BCUT2D eigenvalue weighted by molar-refractivity contribution is 0.0949. The molecule has 3 heterocycles. The van der Waals surface area contributed by atoms with E-state index < -0.39 is 21.0 Å². The number of primary sulfonamides is 1. The molecule has 5 aromatic rings. The molecular weight excluding hydrogens is 540 g/mol. The molecule has 0 saturated heterocycles. The zero-order valence-electron chi connectivity index (χ0n) is 20.3. The molecule has 194 valence electrons. The number of amides is 1. The average Bonchev–Trinajstić information content (AvgIpc) is 3.34. The van der Waals surface area contributed by atoms with Gasteiger partial charge in [-0.15, -0.1) is 0 Å². The second kappa shape index (κ2) is 10.1. The quantitative estimate of drug-likeness (QED) is 0.300. The number of nitrogens with zero attached hydrogens (tertiary/aromatic N) is 6. The number of rotatable bonds is 6. The molecule has 0 aliphatic carbocycles. The summed E-state index contributed by atoms with van der Waals surface area (Å²) in [6.07, 6.45) is 3.01. The number of fused-ring (bicyclic) bond motifs is 1. The molecule has 0 saturated carbocycles. The van der Waals surface area contributed by atoms with E-state index in [2.05, 4.69) is 26.6 Å². The summed E-state index contributed by atoms with van der Waals surface area (Å²) >= 11 is 6.12. The number of benzene rings is 2. The molecule has 13 heteroatoms. The Morgan fingerprint density at radius 2 is 1.77 bits per heavy atom. The van der Waals surface area contributed by atoms with Gasteiger partial charge in [0.25, 0.3) is 15.9 Å². The molecule has 0 fully saturated rings. The number of carbonyl (C=O) groups is 1. The Labute approximate surface area is 228 Å². The number of anilines is 1. The summed E-state index contributed by atoms with van der Waals surface area (Å²) in [7, 11) is -2.93. The lowest BCUT2D eigenvalue weighted by Gasteiger charge is -2.18. The van der Waals surface area contributed by atoms with Crippen LogP contribution in [0.3, 0.4) is 0 Å². The number of hydrogen-bond acceptors (Lipinski definition) is 8. The van der Waals surface area contributed by atoms with E-state index in [0.29, 0.717) is 38.8 Å². The summed E-state index contributed by atoms with van der Waals surface area (Å²) in [5.41, 5.74) is 4.51. The molecule has 39 heavy (non-hydrogen) atoms. The largest absolute Gasteiger partial charge is 0.276 e. The van der Waals surface area contributed by atoms with Crippen LogP contribution in [-0.4, -0.2) is 41.0 Å². The molecule has 0 unspecified atom stereocenters. The van der Waals surface area contributed by atoms with Crippen molar-refractivity contribution >= 4 is 39.0 Å². The number of aromatic nitrogens is 4. The SMILES string of the molecule is CN(NC(=O)c1c(S(N)(=O)=O)nn2c(-c3ccc(Cl)cc3)c(-c3ccccc3C#N)cnc12)c1ccccn1. The van der Waals surface area contributed by atoms with Crippen molar-refractivity contribution in [3.8, 4) is 28.5 Å². The molecule has 3 N–H and O–H groups in total. The van der Waals surface area contributed by atoms with Crippen molar-refractivity contribution in [2.45, 2.75) is 5.03 Å². The Morgan fingerprint density at radius 3 is 2.44 bits per heavy atom. The summed E-state index contributed by atoms with van der Waals surface area (Å²) in [6.45, 7) is 0. The normalized spacial score (nSPS) is 11.2. The Bertz CT molecular complexity index is 1870. The monoisotopic (exact) mass is 558 g/mol. The van der Waals surface area contributed by atoms with Crippen molar-refractivity contribution in [1.29, 1.82) is 5.26 Å². The molecule has 0 aliphatic rings. The van der Waals surface area contributed by atoms with Gasteiger partial charge in [-0.3, -0.25) is 15.2 Å². The summed E-state index contributed by atoms with van der Waals surface area (Å²) in [5.74, 6) is -0.411. The first-order valence-corrected chi connectivity index (χ1v) is 13.3. The van der Waals surface area contributed by atoms with Gasteiger partial charge >= 0.3 is 0 Å². The fourth-order valence-electron chi connectivity index (χ4n) is 4.08. The first-order chi connectivity index (χ1) is 18.7. The molecule has 3 aromatic heterocycles. The van der Waals surface area contributed by atoms with Crippen LogP contribution < -0.4 is 15.6 Å². The van der Waals surface area contributed by atoms with Gasteiger partial charge in [-0.1, -0.05) is 48.0 Å². The predicted octanol–water partition coefficient (Wildman–Crippen LogP) is 3.41. The number of carbonyl (C=O) groups excluding carboxylic acids is 1. The molecular formula is C26H19ClN8O3S. The van der Waals surface area contributed by atoms with Gasteiger partial charge in [-0.2, -0.15) is 10.4 Å². The van der Waals surface area contributed by atoms with E-state index in [1.807, 2.05) is 0 Å². The lowest BCUT2D eigenvalue weighted by atomic mass is 9.97. The number of nitrogens with two attached hydrogens (primary N) is 1. The van der Waals surface area contributed by atoms with E-state index in [1.165, 1.54) is 15.7 Å². The minimum Gasteiger partial charge on any atom is -0.271 e. The third-order valence-corrected chi connectivity index (χ3v) is 6.90. The zero-order valence-corrected chi connectivity index (χ0v) is 21.8. The number of pyridine rings is 1. The Hall–Kier alpha value is -4.83. The summed E-state index contributed by atoms with van der Waals surface area (Å²) < 4.78 is 26.5. The highest BCUT2D eigenvalue weighted by Gasteiger charge is 2.31. The minimum atomic E-state index is -4.48. The molecule has 0 bridgehead atoms. The van der Waals surface area contributed by atoms with Crippen LogP contribution in [-0.2, 0) is 10.0 Å². The van der Waals surface area contributed by atoms with Crippen LogP contribution in [0.5, 0.6) is 0 Å². The van der Waals surface area contributed by atoms with Gasteiger partial charge in [0.1, 0.15) is 11.4 Å². The summed E-state index contributed by atoms with van der Waals surface area (Å²) in [4.78, 5) is 22.0. The van der Waals surface area contributed by atoms with Crippen LogP contribution in [0.2, 0.25) is 5.02 Å². The standard InChI is InChI=1S/C26H19ClN8O3S/c1-34(21-8-4-5-13-30-21)32-25(36)22-24-31-15-20(19-7-3-2-6-17(19)14-28)23(16-9-11-18(27)12-10-16)35(24)33-26(22)39(29,37)38/h2-13,15H,1H3,(H,32,36)(H2,29,37,38). The average molecular weight is 559 g/mol. The van der Waals surface area contributed by atoms with Crippen LogP contribution in [0.1, 0.15) is 15.9 Å². The smallest absolute Gasteiger partial charge is 0.271 e. The number of nitriles is 1. The molecule has 1 amide bonds. The van der Waals surface area contributed by atoms with E-state index in [1.54, 1.807) is 80.0 Å². The number of sulfonamides is 1. The number of halogens is 1. The Balaban J connectivity index is 1.79. The van der Waals surface area contributed by atoms with E-state index >= 15 is 0 Å². The fourth-order valence-corrected chi connectivity index (χ4v) is 4.87. The Kier molecular flexibility index (Phi) is 6.71.